The van der Waals surface area contributed by atoms with E-state index in [0.29, 0.717) is 6.54 Å². The predicted molar refractivity (Wildman–Crippen MR) is 30.5 cm³/mol. The first-order chi connectivity index (χ1) is 3.83. The van der Waals surface area contributed by atoms with Crippen molar-refractivity contribution in [3.63, 3.8) is 0 Å². The molecule has 44 valence electrons. The fourth-order valence-corrected chi connectivity index (χ4v) is 0.615. The molecule has 3 nitrogen and oxygen atoms in total. The zero-order chi connectivity index (χ0) is 5.98. The van der Waals surface area contributed by atoms with Crippen LogP contribution < -0.4 is 10.6 Å². The molecule has 3 heteroatoms. The molecule has 1 fully saturated rings. The van der Waals surface area contributed by atoms with E-state index in [2.05, 4.69) is 17.2 Å². The molecule has 1 rings (SSSR count). The molecular formula is C5H8N2O. The summed E-state index contributed by atoms with van der Waals surface area (Å²) in [6.07, 6.45) is 1.71. The summed E-state index contributed by atoms with van der Waals surface area (Å²) in [5.41, 5.74) is 0. The average molecular weight is 112 g/mol. The van der Waals surface area contributed by atoms with Gasteiger partial charge >= 0.3 is 6.03 Å². The summed E-state index contributed by atoms with van der Waals surface area (Å²) in [7, 11) is 0. The Morgan fingerprint density at radius 1 is 1.88 bits per heavy atom. The van der Waals surface area contributed by atoms with Gasteiger partial charge in [-0.3, -0.25) is 0 Å². The van der Waals surface area contributed by atoms with Gasteiger partial charge in [-0.15, -0.1) is 6.58 Å². The second kappa shape index (κ2) is 1.86. The van der Waals surface area contributed by atoms with Crippen LogP contribution >= 0.6 is 0 Å². The van der Waals surface area contributed by atoms with Crippen LogP contribution in [-0.4, -0.2) is 18.6 Å². The Bertz CT molecular complexity index is 122. The van der Waals surface area contributed by atoms with E-state index in [1.54, 1.807) is 6.08 Å². The van der Waals surface area contributed by atoms with E-state index < -0.39 is 0 Å². The first kappa shape index (κ1) is 5.15. The Morgan fingerprint density at radius 3 is 2.88 bits per heavy atom. The van der Waals surface area contributed by atoms with E-state index >= 15 is 0 Å². The van der Waals surface area contributed by atoms with Crippen molar-refractivity contribution in [2.24, 2.45) is 0 Å². The Balaban J connectivity index is 2.43. The van der Waals surface area contributed by atoms with Gasteiger partial charge in [0.05, 0.1) is 6.04 Å². The number of rotatable bonds is 1. The molecular weight excluding hydrogens is 104 g/mol. The minimum Gasteiger partial charge on any atom is -0.336 e. The largest absolute Gasteiger partial charge is 0.336 e. The normalized spacial score (nSPS) is 26.5. The van der Waals surface area contributed by atoms with Crippen molar-refractivity contribution in [1.82, 2.24) is 10.6 Å². The van der Waals surface area contributed by atoms with Crippen LogP contribution in [0.1, 0.15) is 0 Å². The van der Waals surface area contributed by atoms with Gasteiger partial charge in [-0.05, 0) is 0 Å². The quantitative estimate of drug-likeness (QED) is 0.455. The van der Waals surface area contributed by atoms with Gasteiger partial charge in [0.15, 0.2) is 0 Å². The zero-order valence-electron chi connectivity index (χ0n) is 4.48. The molecule has 0 aromatic carbocycles. The lowest BCUT2D eigenvalue weighted by molar-refractivity contribution is 0.248. The summed E-state index contributed by atoms with van der Waals surface area (Å²) >= 11 is 0. The number of amides is 2. The van der Waals surface area contributed by atoms with Gasteiger partial charge in [-0.2, -0.15) is 0 Å². The monoisotopic (exact) mass is 112 g/mol. The summed E-state index contributed by atoms with van der Waals surface area (Å²) in [6, 6.07) is 0.0254. The smallest absolute Gasteiger partial charge is 0.315 e. The number of nitrogens with one attached hydrogen (secondary N) is 2. The highest BCUT2D eigenvalue weighted by molar-refractivity contribution is 5.76. The molecule has 0 saturated carbocycles. The Kier molecular flexibility index (Phi) is 1.20. The van der Waals surface area contributed by atoms with Crippen molar-refractivity contribution in [1.29, 1.82) is 0 Å². The number of hydrogen-bond acceptors (Lipinski definition) is 1. The van der Waals surface area contributed by atoms with Crippen LogP contribution in [0.2, 0.25) is 0 Å². The van der Waals surface area contributed by atoms with E-state index in [0.717, 1.165) is 0 Å². The van der Waals surface area contributed by atoms with Crippen LogP contribution in [0.15, 0.2) is 12.7 Å². The third-order valence-corrected chi connectivity index (χ3v) is 1.08. The Hall–Kier alpha value is -0.990. The first-order valence-corrected chi connectivity index (χ1v) is 2.50. The number of hydrogen-bond donors (Lipinski definition) is 2. The topological polar surface area (TPSA) is 41.1 Å². The number of urea groups is 1. The van der Waals surface area contributed by atoms with Crippen LogP contribution in [0.25, 0.3) is 0 Å². The zero-order valence-corrected chi connectivity index (χ0v) is 4.48. The molecule has 1 unspecified atom stereocenters. The minimum absolute atomic E-state index is 0.102. The van der Waals surface area contributed by atoms with Crippen molar-refractivity contribution in [2.75, 3.05) is 6.54 Å². The van der Waals surface area contributed by atoms with E-state index in [-0.39, 0.29) is 12.1 Å². The Labute approximate surface area is 47.8 Å². The molecule has 1 heterocycles. The minimum atomic E-state index is -0.102. The van der Waals surface area contributed by atoms with Crippen LogP contribution in [0.5, 0.6) is 0 Å². The third-order valence-electron chi connectivity index (χ3n) is 1.08. The molecule has 1 saturated heterocycles. The average Bonchev–Trinajstić information content (AvgIpc) is 2.14. The number of carbonyl (C=O) groups is 1. The predicted octanol–water partition coefficient (Wildman–Crippen LogP) is -0.146. The molecule has 8 heavy (non-hydrogen) atoms. The Morgan fingerprint density at radius 2 is 2.62 bits per heavy atom. The summed E-state index contributed by atoms with van der Waals surface area (Å²) in [4.78, 5) is 10.3. The van der Waals surface area contributed by atoms with Crippen LogP contribution in [0.3, 0.4) is 0 Å². The lowest BCUT2D eigenvalue weighted by atomic mass is 10.3. The van der Waals surface area contributed by atoms with Crippen LogP contribution in [0.4, 0.5) is 4.79 Å². The second-order valence-corrected chi connectivity index (χ2v) is 1.70. The van der Waals surface area contributed by atoms with Gasteiger partial charge in [-0.1, -0.05) is 6.08 Å². The van der Waals surface area contributed by atoms with Gasteiger partial charge in [0, 0.05) is 6.54 Å². The van der Waals surface area contributed by atoms with Crippen molar-refractivity contribution >= 4 is 6.03 Å². The highest BCUT2D eigenvalue weighted by Gasteiger charge is 2.15. The van der Waals surface area contributed by atoms with E-state index in [4.69, 9.17) is 0 Å². The lowest BCUT2D eigenvalue weighted by Crippen LogP contribution is -2.24. The first-order valence-electron chi connectivity index (χ1n) is 2.50. The molecule has 0 spiro atoms. The van der Waals surface area contributed by atoms with Gasteiger partial charge in [0.1, 0.15) is 0 Å². The van der Waals surface area contributed by atoms with Crippen molar-refractivity contribution < 1.29 is 4.79 Å². The molecule has 0 aromatic heterocycles. The van der Waals surface area contributed by atoms with Crippen LogP contribution in [-0.2, 0) is 0 Å². The molecule has 0 radical (unpaired) electrons. The maximum Gasteiger partial charge on any atom is 0.315 e. The van der Waals surface area contributed by atoms with E-state index in [9.17, 15) is 4.79 Å². The van der Waals surface area contributed by atoms with Crippen molar-refractivity contribution in [3.05, 3.63) is 12.7 Å². The molecule has 0 aliphatic carbocycles. The molecule has 0 aromatic rings. The molecule has 0 bridgehead atoms. The summed E-state index contributed by atoms with van der Waals surface area (Å²) in [5.74, 6) is 0. The maximum absolute atomic E-state index is 10.3. The van der Waals surface area contributed by atoms with Gasteiger partial charge in [-0.25, -0.2) is 4.79 Å². The van der Waals surface area contributed by atoms with E-state index in [1.165, 1.54) is 0 Å². The highest BCUT2D eigenvalue weighted by atomic mass is 16.2. The highest BCUT2D eigenvalue weighted by Crippen LogP contribution is 1.88. The molecule has 1 aliphatic rings. The maximum atomic E-state index is 10.3. The lowest BCUT2D eigenvalue weighted by Gasteiger charge is -1.95. The summed E-state index contributed by atoms with van der Waals surface area (Å²) in [6.45, 7) is 4.19. The van der Waals surface area contributed by atoms with Gasteiger partial charge in [0.2, 0.25) is 0 Å². The second-order valence-electron chi connectivity index (χ2n) is 1.70. The summed E-state index contributed by atoms with van der Waals surface area (Å²) in [5, 5.41) is 5.23. The van der Waals surface area contributed by atoms with Gasteiger partial charge in [0.25, 0.3) is 0 Å². The van der Waals surface area contributed by atoms with Gasteiger partial charge < -0.3 is 10.6 Å². The van der Waals surface area contributed by atoms with Crippen molar-refractivity contribution in [2.45, 2.75) is 6.04 Å². The fourth-order valence-electron chi connectivity index (χ4n) is 0.615. The molecule has 1 atom stereocenters. The van der Waals surface area contributed by atoms with Crippen molar-refractivity contribution in [3.8, 4) is 0 Å². The summed E-state index contributed by atoms with van der Waals surface area (Å²) < 4.78 is 0. The number of carbonyl (C=O) groups excluding carboxylic acids is 1. The van der Waals surface area contributed by atoms with Crippen LogP contribution in [0, 0.1) is 0 Å². The fraction of sp³-hybridized carbons (Fsp3) is 0.400. The molecule has 2 N–H and O–H groups in total. The molecule has 1 aliphatic heterocycles. The standard InChI is InChI=1S/C5H8N2O/c1-2-4-3-6-5(8)7-4/h2,4H,1,3H2,(H2,6,7,8). The van der Waals surface area contributed by atoms with E-state index in [1.807, 2.05) is 0 Å². The molecule has 2 amide bonds. The SMILES string of the molecule is C=CC1CNC(=O)N1. The third kappa shape index (κ3) is 0.804.